The minimum atomic E-state index is -0.776. The normalized spacial score (nSPS) is 14.9. The van der Waals surface area contributed by atoms with Gasteiger partial charge in [0, 0.05) is 11.6 Å². The molecule has 0 aliphatic heterocycles. The number of ether oxygens (including phenoxy) is 1. The second kappa shape index (κ2) is 7.61. The van der Waals surface area contributed by atoms with E-state index in [9.17, 15) is 9.90 Å². The minimum Gasteiger partial charge on any atom is -0.487 e. The van der Waals surface area contributed by atoms with Crippen LogP contribution in [0.25, 0.3) is 11.4 Å². The van der Waals surface area contributed by atoms with Crippen LogP contribution in [0.3, 0.4) is 0 Å². The summed E-state index contributed by atoms with van der Waals surface area (Å²) in [5.41, 5.74) is 1.76. The van der Waals surface area contributed by atoms with Crippen molar-refractivity contribution in [1.29, 1.82) is 0 Å². The molecule has 4 rings (SSSR count). The number of aliphatic hydroxyl groups excluding tert-OH is 1. The van der Waals surface area contributed by atoms with Crippen molar-refractivity contribution in [2.24, 2.45) is 0 Å². The van der Waals surface area contributed by atoms with Crippen LogP contribution in [0.5, 0.6) is 5.75 Å². The Hall–Kier alpha value is -2.90. The molecule has 2 N–H and O–H groups in total. The summed E-state index contributed by atoms with van der Waals surface area (Å²) in [7, 11) is 0. The topological polar surface area (TPSA) is 92.5 Å². The summed E-state index contributed by atoms with van der Waals surface area (Å²) in [6.45, 7) is 1.72. The first kappa shape index (κ1) is 18.5. The smallest absolute Gasteiger partial charge is 0.276 e. The first-order valence-electron chi connectivity index (χ1n) is 8.97. The van der Waals surface area contributed by atoms with E-state index in [4.69, 9.17) is 16.3 Å². The fourth-order valence-corrected chi connectivity index (χ4v) is 3.47. The maximum atomic E-state index is 12.4. The molecule has 1 aliphatic rings. The van der Waals surface area contributed by atoms with Gasteiger partial charge in [-0.15, -0.1) is 5.10 Å². The summed E-state index contributed by atoms with van der Waals surface area (Å²) < 4.78 is 7.05. The van der Waals surface area contributed by atoms with Crippen LogP contribution in [-0.2, 0) is 6.61 Å². The number of H-pyrrole nitrogens is 1. The summed E-state index contributed by atoms with van der Waals surface area (Å²) in [5, 5.41) is 14.7. The van der Waals surface area contributed by atoms with Gasteiger partial charge in [-0.2, -0.15) is 9.50 Å². The van der Waals surface area contributed by atoms with Gasteiger partial charge in [0.1, 0.15) is 12.4 Å². The number of aromatic amines is 1. The highest BCUT2D eigenvalue weighted by Crippen LogP contribution is 2.32. The molecule has 28 heavy (non-hydrogen) atoms. The van der Waals surface area contributed by atoms with Crippen molar-refractivity contribution >= 4 is 23.0 Å². The van der Waals surface area contributed by atoms with E-state index in [2.05, 4.69) is 21.1 Å². The average Bonchev–Trinajstić information content (AvgIpc) is 3.11. The standard InChI is InChI=1S/C20H19ClN4O3/c1-12(26)18-15(21)8-5-9-16(18)28-11-14-10-17(27)25-20(22-14)23-19(24-25)13-6-3-2-4-7-13/h2-3,5-6,8-10,12,26H,4,7,11H2,1H3,(H,22,23,24). The summed E-state index contributed by atoms with van der Waals surface area (Å²) >= 11 is 6.16. The Morgan fingerprint density at radius 3 is 3.04 bits per heavy atom. The molecule has 1 unspecified atom stereocenters. The zero-order valence-electron chi connectivity index (χ0n) is 15.2. The Morgan fingerprint density at radius 1 is 1.43 bits per heavy atom. The lowest BCUT2D eigenvalue weighted by Crippen LogP contribution is -2.17. The number of rotatable bonds is 5. The number of aliphatic hydroxyl groups is 1. The van der Waals surface area contributed by atoms with Gasteiger partial charge in [0.05, 0.1) is 16.8 Å². The predicted molar refractivity (Wildman–Crippen MR) is 106 cm³/mol. The molecule has 0 saturated heterocycles. The maximum absolute atomic E-state index is 12.4. The van der Waals surface area contributed by atoms with E-state index in [1.54, 1.807) is 25.1 Å². The molecule has 144 valence electrons. The van der Waals surface area contributed by atoms with E-state index in [0.29, 0.717) is 33.6 Å². The Morgan fingerprint density at radius 2 is 2.29 bits per heavy atom. The number of halogens is 1. The van der Waals surface area contributed by atoms with Gasteiger partial charge in [0.2, 0.25) is 5.78 Å². The van der Waals surface area contributed by atoms with Crippen molar-refractivity contribution in [3.8, 4) is 5.75 Å². The first-order valence-corrected chi connectivity index (χ1v) is 9.35. The van der Waals surface area contributed by atoms with Gasteiger partial charge in [0.25, 0.3) is 5.56 Å². The Balaban J connectivity index is 1.62. The molecule has 0 fully saturated rings. The molecule has 8 heteroatoms. The van der Waals surface area contributed by atoms with Gasteiger partial charge in [-0.25, -0.2) is 0 Å². The van der Waals surface area contributed by atoms with E-state index >= 15 is 0 Å². The molecule has 2 aromatic heterocycles. The summed E-state index contributed by atoms with van der Waals surface area (Å²) in [6.07, 6.45) is 7.01. The highest BCUT2D eigenvalue weighted by Gasteiger charge is 2.15. The Bertz CT molecular complexity index is 1140. The molecule has 0 spiro atoms. The largest absolute Gasteiger partial charge is 0.487 e. The zero-order chi connectivity index (χ0) is 19.7. The third-order valence-corrected chi connectivity index (χ3v) is 4.83. The van der Waals surface area contributed by atoms with Gasteiger partial charge >= 0.3 is 0 Å². The van der Waals surface area contributed by atoms with E-state index in [-0.39, 0.29) is 12.2 Å². The first-order chi connectivity index (χ1) is 13.5. The van der Waals surface area contributed by atoms with Crippen LogP contribution in [0.2, 0.25) is 5.02 Å². The van der Waals surface area contributed by atoms with E-state index in [1.807, 2.05) is 12.2 Å². The number of benzene rings is 1. The fraction of sp³-hybridized carbons (Fsp3) is 0.250. The number of hydrogen-bond donors (Lipinski definition) is 2. The highest BCUT2D eigenvalue weighted by atomic mass is 35.5. The summed E-state index contributed by atoms with van der Waals surface area (Å²) in [6, 6.07) is 6.58. The fourth-order valence-electron chi connectivity index (χ4n) is 3.14. The molecule has 0 amide bonds. The lowest BCUT2D eigenvalue weighted by atomic mass is 10.1. The van der Waals surface area contributed by atoms with Crippen LogP contribution >= 0.6 is 11.6 Å². The molecule has 0 saturated carbocycles. The van der Waals surface area contributed by atoms with Crippen LogP contribution in [0.1, 0.15) is 43.0 Å². The number of fused-ring (bicyclic) bond motifs is 1. The molecule has 0 bridgehead atoms. The Labute approximate surface area is 166 Å². The molecule has 3 aromatic rings. The molecule has 1 atom stereocenters. The quantitative estimate of drug-likeness (QED) is 0.686. The molecule has 2 heterocycles. The molecule has 1 aliphatic carbocycles. The third-order valence-electron chi connectivity index (χ3n) is 4.50. The zero-order valence-corrected chi connectivity index (χ0v) is 16.0. The lowest BCUT2D eigenvalue weighted by Gasteiger charge is -2.14. The molecule has 0 radical (unpaired) electrons. The van der Waals surface area contributed by atoms with Crippen LogP contribution in [-0.4, -0.2) is 24.7 Å². The number of aromatic nitrogens is 4. The lowest BCUT2D eigenvalue weighted by molar-refractivity contribution is 0.190. The monoisotopic (exact) mass is 398 g/mol. The number of hydrogen-bond acceptors (Lipinski definition) is 5. The van der Waals surface area contributed by atoms with Gasteiger partial charge in [0.15, 0.2) is 5.82 Å². The maximum Gasteiger partial charge on any atom is 0.276 e. The number of allylic oxidation sites excluding steroid dienone is 4. The predicted octanol–water partition coefficient (Wildman–Crippen LogP) is 3.44. The van der Waals surface area contributed by atoms with Crippen molar-refractivity contribution in [1.82, 2.24) is 19.6 Å². The molecular formula is C20H19ClN4O3. The molecular weight excluding hydrogens is 380 g/mol. The van der Waals surface area contributed by atoms with Crippen LogP contribution in [0.15, 0.2) is 47.3 Å². The highest BCUT2D eigenvalue weighted by molar-refractivity contribution is 6.31. The minimum absolute atomic E-state index is 0.0967. The molecule has 1 aromatic carbocycles. The van der Waals surface area contributed by atoms with Crippen molar-refractivity contribution in [2.45, 2.75) is 32.5 Å². The van der Waals surface area contributed by atoms with Crippen molar-refractivity contribution < 1.29 is 9.84 Å². The van der Waals surface area contributed by atoms with Crippen LogP contribution in [0, 0.1) is 0 Å². The van der Waals surface area contributed by atoms with E-state index < -0.39 is 6.10 Å². The van der Waals surface area contributed by atoms with Gasteiger partial charge < -0.3 is 14.8 Å². The Kier molecular flexibility index (Phi) is 5.02. The third kappa shape index (κ3) is 3.58. The van der Waals surface area contributed by atoms with E-state index in [0.717, 1.165) is 18.4 Å². The second-order valence-electron chi connectivity index (χ2n) is 6.58. The SMILES string of the molecule is CC(O)c1c(Cl)cccc1OCc1cc(=O)n2nc(C3=CC=CCC3)nc2[nH]1. The number of nitrogens with zero attached hydrogens (tertiary/aromatic N) is 3. The van der Waals surface area contributed by atoms with E-state index in [1.165, 1.54) is 10.6 Å². The summed E-state index contributed by atoms with van der Waals surface area (Å²) in [5.74, 6) is 1.37. The van der Waals surface area contributed by atoms with Gasteiger partial charge in [-0.05, 0) is 37.5 Å². The molecule has 7 nitrogen and oxygen atoms in total. The van der Waals surface area contributed by atoms with Crippen LogP contribution in [0.4, 0.5) is 0 Å². The average molecular weight is 399 g/mol. The van der Waals surface area contributed by atoms with Gasteiger partial charge in [-0.3, -0.25) is 4.79 Å². The summed E-state index contributed by atoms with van der Waals surface area (Å²) in [4.78, 5) is 20.0. The van der Waals surface area contributed by atoms with Crippen molar-refractivity contribution in [3.05, 3.63) is 75.0 Å². The van der Waals surface area contributed by atoms with Crippen molar-refractivity contribution in [3.63, 3.8) is 0 Å². The van der Waals surface area contributed by atoms with Crippen LogP contribution < -0.4 is 10.3 Å². The van der Waals surface area contributed by atoms with Crippen molar-refractivity contribution in [2.75, 3.05) is 0 Å². The number of nitrogens with one attached hydrogen (secondary N) is 1. The second-order valence-corrected chi connectivity index (χ2v) is 6.99. The van der Waals surface area contributed by atoms with Gasteiger partial charge in [-0.1, -0.05) is 35.9 Å².